The summed E-state index contributed by atoms with van der Waals surface area (Å²) in [6.07, 6.45) is 2.11. The minimum absolute atomic E-state index is 0.222. The fourth-order valence-corrected chi connectivity index (χ4v) is 1.83. The van der Waals surface area contributed by atoms with E-state index in [1.165, 1.54) is 6.07 Å². The van der Waals surface area contributed by atoms with E-state index in [1.54, 1.807) is 25.4 Å². The topological polar surface area (TPSA) is 47.0 Å². The molecule has 0 spiro atoms. The van der Waals surface area contributed by atoms with E-state index in [-0.39, 0.29) is 5.82 Å². The number of hydrogen-bond acceptors (Lipinski definition) is 4. The molecule has 4 nitrogen and oxygen atoms in total. The Morgan fingerprint density at radius 1 is 1.25 bits per heavy atom. The SMILES string of the molecule is COCCNCc1ccnc(Cc2ccccc2F)n1. The van der Waals surface area contributed by atoms with Gasteiger partial charge in [-0.25, -0.2) is 14.4 Å². The van der Waals surface area contributed by atoms with Crippen molar-refractivity contribution < 1.29 is 9.13 Å². The quantitative estimate of drug-likeness (QED) is 0.785. The van der Waals surface area contributed by atoms with Crippen molar-refractivity contribution in [1.82, 2.24) is 15.3 Å². The Balaban J connectivity index is 1.97. The van der Waals surface area contributed by atoms with Gasteiger partial charge in [0.2, 0.25) is 0 Å². The van der Waals surface area contributed by atoms with Crippen LogP contribution in [0.3, 0.4) is 0 Å². The third-order valence-corrected chi connectivity index (χ3v) is 2.86. The summed E-state index contributed by atoms with van der Waals surface area (Å²) >= 11 is 0. The number of hydrogen-bond donors (Lipinski definition) is 1. The lowest BCUT2D eigenvalue weighted by Crippen LogP contribution is -2.19. The summed E-state index contributed by atoms with van der Waals surface area (Å²) in [5.41, 5.74) is 1.50. The Morgan fingerprint density at radius 2 is 2.10 bits per heavy atom. The maximum Gasteiger partial charge on any atom is 0.133 e. The molecule has 2 rings (SSSR count). The summed E-state index contributed by atoms with van der Waals surface area (Å²) in [6.45, 7) is 2.08. The summed E-state index contributed by atoms with van der Waals surface area (Å²) in [6, 6.07) is 8.54. The number of nitrogens with one attached hydrogen (secondary N) is 1. The van der Waals surface area contributed by atoms with E-state index in [0.717, 1.165) is 12.2 Å². The number of nitrogens with zero attached hydrogens (tertiary/aromatic N) is 2. The number of aromatic nitrogens is 2. The molecule has 0 radical (unpaired) electrons. The van der Waals surface area contributed by atoms with Crippen molar-refractivity contribution in [3.63, 3.8) is 0 Å². The molecule has 0 bridgehead atoms. The van der Waals surface area contributed by atoms with Gasteiger partial charge in [-0.15, -0.1) is 0 Å². The zero-order valence-electron chi connectivity index (χ0n) is 11.5. The van der Waals surface area contributed by atoms with Gasteiger partial charge in [0.05, 0.1) is 12.3 Å². The maximum atomic E-state index is 13.6. The molecular weight excluding hydrogens is 257 g/mol. The lowest BCUT2D eigenvalue weighted by molar-refractivity contribution is 0.199. The summed E-state index contributed by atoms with van der Waals surface area (Å²) < 4.78 is 18.5. The zero-order chi connectivity index (χ0) is 14.2. The Bertz CT molecular complexity index is 548. The van der Waals surface area contributed by atoms with Crippen LogP contribution in [-0.4, -0.2) is 30.2 Å². The Labute approximate surface area is 118 Å². The van der Waals surface area contributed by atoms with Crippen LogP contribution in [0, 0.1) is 5.82 Å². The van der Waals surface area contributed by atoms with Gasteiger partial charge >= 0.3 is 0 Å². The van der Waals surface area contributed by atoms with Crippen LogP contribution < -0.4 is 5.32 Å². The number of ether oxygens (including phenoxy) is 1. The van der Waals surface area contributed by atoms with Crippen molar-refractivity contribution in [2.45, 2.75) is 13.0 Å². The van der Waals surface area contributed by atoms with Crippen LogP contribution in [0.1, 0.15) is 17.1 Å². The summed E-state index contributed by atoms with van der Waals surface area (Å²) in [7, 11) is 1.67. The first-order valence-electron chi connectivity index (χ1n) is 6.53. The van der Waals surface area contributed by atoms with Gasteiger partial charge in [-0.1, -0.05) is 18.2 Å². The first-order chi connectivity index (χ1) is 9.79. The van der Waals surface area contributed by atoms with Crippen molar-refractivity contribution in [3.8, 4) is 0 Å². The summed E-state index contributed by atoms with van der Waals surface area (Å²) in [4.78, 5) is 8.62. The van der Waals surface area contributed by atoms with Gasteiger partial charge in [0.1, 0.15) is 11.6 Å². The fraction of sp³-hybridized carbons (Fsp3) is 0.333. The fourth-order valence-electron chi connectivity index (χ4n) is 1.83. The number of rotatable bonds is 7. The van der Waals surface area contributed by atoms with E-state index >= 15 is 0 Å². The third-order valence-electron chi connectivity index (χ3n) is 2.86. The van der Waals surface area contributed by atoms with Crippen LogP contribution in [0.25, 0.3) is 0 Å². The molecule has 0 atom stereocenters. The molecule has 0 aliphatic carbocycles. The highest BCUT2D eigenvalue weighted by Crippen LogP contribution is 2.10. The molecule has 1 heterocycles. The van der Waals surface area contributed by atoms with E-state index in [9.17, 15) is 4.39 Å². The Hall–Kier alpha value is -1.85. The number of benzene rings is 1. The number of halogens is 1. The maximum absolute atomic E-state index is 13.6. The normalized spacial score (nSPS) is 10.7. The van der Waals surface area contributed by atoms with E-state index in [1.807, 2.05) is 12.1 Å². The molecule has 20 heavy (non-hydrogen) atoms. The van der Waals surface area contributed by atoms with Crippen LogP contribution in [0.5, 0.6) is 0 Å². The molecule has 0 amide bonds. The molecule has 2 aromatic rings. The minimum Gasteiger partial charge on any atom is -0.383 e. The van der Waals surface area contributed by atoms with Gasteiger partial charge in [-0.2, -0.15) is 0 Å². The molecule has 106 valence electrons. The molecule has 5 heteroatoms. The largest absolute Gasteiger partial charge is 0.383 e. The monoisotopic (exact) mass is 275 g/mol. The molecule has 0 aliphatic heterocycles. The zero-order valence-corrected chi connectivity index (χ0v) is 11.5. The van der Waals surface area contributed by atoms with Gasteiger partial charge in [0.15, 0.2) is 0 Å². The van der Waals surface area contributed by atoms with Crippen LogP contribution in [-0.2, 0) is 17.7 Å². The van der Waals surface area contributed by atoms with Gasteiger partial charge in [-0.05, 0) is 17.7 Å². The first-order valence-corrected chi connectivity index (χ1v) is 6.53. The molecule has 1 aromatic heterocycles. The standard InChI is InChI=1S/C15H18FN3O/c1-20-9-8-17-11-13-6-7-18-15(19-13)10-12-4-2-3-5-14(12)16/h2-7,17H,8-11H2,1H3. The van der Waals surface area contributed by atoms with Crippen molar-refractivity contribution in [1.29, 1.82) is 0 Å². The number of methoxy groups -OCH3 is 1. The Kier molecular flexibility index (Phi) is 5.58. The molecule has 1 N–H and O–H groups in total. The minimum atomic E-state index is -0.222. The van der Waals surface area contributed by atoms with E-state index in [2.05, 4.69) is 15.3 Å². The van der Waals surface area contributed by atoms with Gasteiger partial charge in [0.25, 0.3) is 0 Å². The van der Waals surface area contributed by atoms with Crippen molar-refractivity contribution >= 4 is 0 Å². The smallest absolute Gasteiger partial charge is 0.133 e. The van der Waals surface area contributed by atoms with E-state index in [4.69, 9.17) is 4.74 Å². The molecule has 0 saturated carbocycles. The van der Waals surface area contributed by atoms with Crippen LogP contribution in [0.15, 0.2) is 36.5 Å². The average Bonchev–Trinajstić information content (AvgIpc) is 2.47. The van der Waals surface area contributed by atoms with Crippen molar-refractivity contribution in [2.75, 3.05) is 20.3 Å². The highest BCUT2D eigenvalue weighted by molar-refractivity contribution is 5.21. The summed E-state index contributed by atoms with van der Waals surface area (Å²) in [5.74, 6) is 0.404. The predicted molar refractivity (Wildman–Crippen MR) is 74.8 cm³/mol. The second-order valence-corrected chi connectivity index (χ2v) is 4.40. The van der Waals surface area contributed by atoms with Gasteiger partial charge in [-0.3, -0.25) is 0 Å². The van der Waals surface area contributed by atoms with E-state index < -0.39 is 0 Å². The molecule has 0 aliphatic rings. The van der Waals surface area contributed by atoms with E-state index in [0.29, 0.717) is 31.0 Å². The second-order valence-electron chi connectivity index (χ2n) is 4.40. The molecular formula is C15H18FN3O. The molecule has 0 unspecified atom stereocenters. The van der Waals surface area contributed by atoms with Crippen LogP contribution in [0.2, 0.25) is 0 Å². The van der Waals surface area contributed by atoms with Gasteiger partial charge < -0.3 is 10.1 Å². The van der Waals surface area contributed by atoms with Crippen molar-refractivity contribution in [2.24, 2.45) is 0 Å². The summed E-state index contributed by atoms with van der Waals surface area (Å²) in [5, 5.41) is 3.22. The van der Waals surface area contributed by atoms with Crippen LogP contribution in [0.4, 0.5) is 4.39 Å². The average molecular weight is 275 g/mol. The van der Waals surface area contributed by atoms with Crippen LogP contribution >= 0.6 is 0 Å². The molecule has 0 fully saturated rings. The van der Waals surface area contributed by atoms with Gasteiger partial charge in [0, 0.05) is 32.8 Å². The lowest BCUT2D eigenvalue weighted by Gasteiger charge is -2.06. The first kappa shape index (κ1) is 14.6. The second kappa shape index (κ2) is 7.67. The lowest BCUT2D eigenvalue weighted by atomic mass is 10.1. The highest BCUT2D eigenvalue weighted by atomic mass is 19.1. The molecule has 0 saturated heterocycles. The predicted octanol–water partition coefficient (Wildman–Crippen LogP) is 1.94. The van der Waals surface area contributed by atoms with Crippen molar-refractivity contribution in [3.05, 3.63) is 59.4 Å². The third kappa shape index (κ3) is 4.36. The molecule has 1 aromatic carbocycles. The Morgan fingerprint density at radius 3 is 2.90 bits per heavy atom. The highest BCUT2D eigenvalue weighted by Gasteiger charge is 2.05.